The van der Waals surface area contributed by atoms with Gasteiger partial charge in [0.05, 0.1) is 4.47 Å². The van der Waals surface area contributed by atoms with Gasteiger partial charge in [-0.3, -0.25) is 0 Å². The zero-order valence-corrected chi connectivity index (χ0v) is 12.1. The Morgan fingerprint density at radius 3 is 2.56 bits per heavy atom. The molecule has 1 aliphatic carbocycles. The molecular formula is C14H18BrF2N. The molecule has 0 saturated heterocycles. The summed E-state index contributed by atoms with van der Waals surface area (Å²) in [6.07, 6.45) is 4.67. The van der Waals surface area contributed by atoms with Crippen LogP contribution in [0.2, 0.25) is 0 Å². The summed E-state index contributed by atoms with van der Waals surface area (Å²) in [5.41, 5.74) is 6.30. The van der Waals surface area contributed by atoms with Crippen LogP contribution in [-0.2, 0) is 6.42 Å². The van der Waals surface area contributed by atoms with Gasteiger partial charge in [0.2, 0.25) is 0 Å². The quantitative estimate of drug-likeness (QED) is 0.832. The van der Waals surface area contributed by atoms with Gasteiger partial charge in [0.1, 0.15) is 11.6 Å². The highest BCUT2D eigenvalue weighted by Crippen LogP contribution is 2.41. The van der Waals surface area contributed by atoms with E-state index in [0.717, 1.165) is 25.7 Å². The summed E-state index contributed by atoms with van der Waals surface area (Å²) in [4.78, 5) is 0. The molecule has 0 bridgehead atoms. The predicted molar refractivity (Wildman–Crippen MR) is 72.3 cm³/mol. The van der Waals surface area contributed by atoms with E-state index in [1.165, 1.54) is 12.1 Å². The number of halogens is 3. The first-order valence-corrected chi connectivity index (χ1v) is 7.11. The maximum atomic E-state index is 13.9. The largest absolute Gasteiger partial charge is 0.327 e. The summed E-state index contributed by atoms with van der Waals surface area (Å²) in [5, 5.41) is 0. The summed E-state index contributed by atoms with van der Waals surface area (Å²) < 4.78 is 27.9. The molecule has 1 unspecified atom stereocenters. The van der Waals surface area contributed by atoms with Crippen molar-refractivity contribution in [3.05, 3.63) is 33.8 Å². The Morgan fingerprint density at radius 1 is 1.33 bits per heavy atom. The first-order valence-electron chi connectivity index (χ1n) is 6.32. The number of hydrogen-bond donors (Lipinski definition) is 1. The summed E-state index contributed by atoms with van der Waals surface area (Å²) in [6.45, 7) is 2.12. The lowest BCUT2D eigenvalue weighted by Gasteiger charge is -2.31. The van der Waals surface area contributed by atoms with Gasteiger partial charge in [-0.1, -0.05) is 19.8 Å². The van der Waals surface area contributed by atoms with Crippen LogP contribution in [0, 0.1) is 17.0 Å². The summed E-state index contributed by atoms with van der Waals surface area (Å²) in [7, 11) is 0. The third-order valence-corrected chi connectivity index (χ3v) is 4.82. The normalized spacial score (nSPS) is 20.1. The monoisotopic (exact) mass is 317 g/mol. The van der Waals surface area contributed by atoms with Crippen molar-refractivity contribution in [2.45, 2.75) is 45.1 Å². The molecule has 1 nitrogen and oxygen atoms in total. The molecular weight excluding hydrogens is 300 g/mol. The fraction of sp³-hybridized carbons (Fsp3) is 0.571. The second-order valence-corrected chi connectivity index (χ2v) is 6.35. The minimum Gasteiger partial charge on any atom is -0.327 e. The lowest BCUT2D eigenvalue weighted by Crippen LogP contribution is -2.39. The van der Waals surface area contributed by atoms with Crippen molar-refractivity contribution >= 4 is 15.9 Å². The van der Waals surface area contributed by atoms with E-state index >= 15 is 0 Å². The first kappa shape index (κ1) is 13.9. The van der Waals surface area contributed by atoms with E-state index in [1.807, 2.05) is 0 Å². The fourth-order valence-corrected chi connectivity index (χ4v) is 3.15. The molecule has 1 aliphatic rings. The zero-order valence-electron chi connectivity index (χ0n) is 10.5. The molecule has 18 heavy (non-hydrogen) atoms. The molecule has 0 heterocycles. The molecule has 4 heteroatoms. The Hall–Kier alpha value is -0.480. The van der Waals surface area contributed by atoms with Gasteiger partial charge in [0.25, 0.3) is 0 Å². The highest BCUT2D eigenvalue weighted by Gasteiger charge is 2.35. The van der Waals surface area contributed by atoms with Crippen LogP contribution in [0.3, 0.4) is 0 Å². The van der Waals surface area contributed by atoms with Crippen molar-refractivity contribution in [3.8, 4) is 0 Å². The van der Waals surface area contributed by atoms with Gasteiger partial charge in [-0.25, -0.2) is 8.78 Å². The molecule has 1 aromatic rings. The Morgan fingerprint density at radius 2 is 1.94 bits per heavy atom. The molecule has 100 valence electrons. The van der Waals surface area contributed by atoms with Crippen molar-refractivity contribution < 1.29 is 8.78 Å². The average molecular weight is 318 g/mol. The van der Waals surface area contributed by atoms with Gasteiger partial charge >= 0.3 is 0 Å². The van der Waals surface area contributed by atoms with Crippen LogP contribution in [0.15, 0.2) is 16.6 Å². The molecule has 2 rings (SSSR count). The van der Waals surface area contributed by atoms with E-state index in [9.17, 15) is 8.78 Å². The maximum Gasteiger partial charge on any atom is 0.143 e. The highest BCUT2D eigenvalue weighted by atomic mass is 79.9. The highest BCUT2D eigenvalue weighted by molar-refractivity contribution is 9.10. The number of benzene rings is 1. The van der Waals surface area contributed by atoms with Crippen molar-refractivity contribution in [3.63, 3.8) is 0 Å². The molecule has 0 radical (unpaired) electrons. The minimum absolute atomic E-state index is 0.0151. The third-order valence-electron chi connectivity index (χ3n) is 4.20. The topological polar surface area (TPSA) is 26.0 Å². The van der Waals surface area contributed by atoms with Crippen molar-refractivity contribution in [1.29, 1.82) is 0 Å². The SMILES string of the molecule is CC1(C(N)Cc2c(F)ccc(Br)c2F)CCCC1. The molecule has 0 aromatic heterocycles. The number of rotatable bonds is 3. The van der Waals surface area contributed by atoms with Crippen LogP contribution in [0.5, 0.6) is 0 Å². The second-order valence-electron chi connectivity index (χ2n) is 5.49. The maximum absolute atomic E-state index is 13.9. The van der Waals surface area contributed by atoms with E-state index < -0.39 is 11.6 Å². The molecule has 1 fully saturated rings. The van der Waals surface area contributed by atoms with Gasteiger partial charge in [-0.05, 0) is 52.7 Å². The van der Waals surface area contributed by atoms with Crippen LogP contribution < -0.4 is 5.73 Å². The number of nitrogens with two attached hydrogens (primary N) is 1. The Balaban J connectivity index is 2.21. The van der Waals surface area contributed by atoms with E-state index in [4.69, 9.17) is 5.73 Å². The zero-order chi connectivity index (χ0) is 13.3. The number of hydrogen-bond acceptors (Lipinski definition) is 1. The van der Waals surface area contributed by atoms with Crippen LogP contribution in [0.1, 0.15) is 38.2 Å². The Bertz CT molecular complexity index is 442. The van der Waals surface area contributed by atoms with Crippen LogP contribution in [-0.4, -0.2) is 6.04 Å². The van der Waals surface area contributed by atoms with E-state index in [-0.39, 0.29) is 23.4 Å². The lowest BCUT2D eigenvalue weighted by atomic mass is 9.78. The predicted octanol–water partition coefficient (Wildman–Crippen LogP) is 4.18. The Kier molecular flexibility index (Phi) is 4.07. The van der Waals surface area contributed by atoms with Gasteiger partial charge in [-0.15, -0.1) is 0 Å². The molecule has 0 amide bonds. The summed E-state index contributed by atoms with van der Waals surface area (Å²) in [5.74, 6) is -1.03. The summed E-state index contributed by atoms with van der Waals surface area (Å²) in [6, 6.07) is 2.47. The van der Waals surface area contributed by atoms with Gasteiger partial charge in [0.15, 0.2) is 0 Å². The summed E-state index contributed by atoms with van der Waals surface area (Å²) >= 11 is 3.08. The van der Waals surface area contributed by atoms with Gasteiger partial charge in [0, 0.05) is 11.6 Å². The van der Waals surface area contributed by atoms with Crippen molar-refractivity contribution in [2.24, 2.45) is 11.1 Å². The second kappa shape index (κ2) is 5.25. The molecule has 1 saturated carbocycles. The van der Waals surface area contributed by atoms with Crippen molar-refractivity contribution in [2.75, 3.05) is 0 Å². The molecule has 2 N–H and O–H groups in total. The molecule has 1 aromatic carbocycles. The van der Waals surface area contributed by atoms with Gasteiger partial charge in [-0.2, -0.15) is 0 Å². The van der Waals surface area contributed by atoms with Crippen LogP contribution in [0.4, 0.5) is 8.78 Å². The smallest absolute Gasteiger partial charge is 0.143 e. The molecule has 0 spiro atoms. The standard InChI is InChI=1S/C14H18BrF2N/c1-14(6-2-3-7-14)12(18)8-9-11(16)5-4-10(15)13(9)17/h4-5,12H,2-3,6-8,18H2,1H3. The first-order chi connectivity index (χ1) is 8.44. The van der Waals surface area contributed by atoms with Crippen LogP contribution >= 0.6 is 15.9 Å². The van der Waals surface area contributed by atoms with Crippen molar-refractivity contribution in [1.82, 2.24) is 0 Å². The van der Waals surface area contributed by atoms with Gasteiger partial charge < -0.3 is 5.73 Å². The van der Waals surface area contributed by atoms with E-state index in [2.05, 4.69) is 22.9 Å². The van der Waals surface area contributed by atoms with E-state index in [1.54, 1.807) is 0 Å². The van der Waals surface area contributed by atoms with Crippen LogP contribution in [0.25, 0.3) is 0 Å². The average Bonchev–Trinajstić information content (AvgIpc) is 2.78. The molecule has 1 atom stereocenters. The Labute approximate surface area is 115 Å². The fourth-order valence-electron chi connectivity index (χ4n) is 2.78. The molecule has 0 aliphatic heterocycles. The van der Waals surface area contributed by atoms with E-state index in [0.29, 0.717) is 4.47 Å². The minimum atomic E-state index is -0.521. The lowest BCUT2D eigenvalue weighted by molar-refractivity contribution is 0.257. The third kappa shape index (κ3) is 2.59.